The minimum atomic E-state index is -0.323. The monoisotopic (exact) mass is 510 g/mol. The van der Waals surface area contributed by atoms with Gasteiger partial charge in [0.05, 0.1) is 12.3 Å². The highest BCUT2D eigenvalue weighted by Crippen LogP contribution is 2.17. The van der Waals surface area contributed by atoms with Gasteiger partial charge in [0.1, 0.15) is 5.82 Å². The van der Waals surface area contributed by atoms with Crippen LogP contribution >= 0.6 is 11.5 Å². The first kappa shape index (κ1) is 26.0. The van der Waals surface area contributed by atoms with Gasteiger partial charge in [-0.3, -0.25) is 18.8 Å². The average molecular weight is 511 g/mol. The van der Waals surface area contributed by atoms with Crippen molar-refractivity contribution in [2.75, 3.05) is 26.2 Å². The van der Waals surface area contributed by atoms with Gasteiger partial charge >= 0.3 is 5.69 Å². The van der Waals surface area contributed by atoms with Gasteiger partial charge in [-0.25, -0.2) is 9.78 Å². The van der Waals surface area contributed by atoms with Crippen LogP contribution in [0.4, 0.5) is 0 Å². The van der Waals surface area contributed by atoms with Crippen molar-refractivity contribution in [2.24, 2.45) is 0 Å². The molecule has 0 aliphatic carbocycles. The second kappa shape index (κ2) is 12.2. The number of benzene rings is 1. The minimum absolute atomic E-state index is 0.0782. The Balaban J connectivity index is 1.86. The van der Waals surface area contributed by atoms with Crippen LogP contribution in [0, 0.1) is 0 Å². The maximum absolute atomic E-state index is 13.7. The van der Waals surface area contributed by atoms with Gasteiger partial charge < -0.3 is 9.67 Å². The third-order valence-electron chi connectivity index (χ3n) is 6.43. The van der Waals surface area contributed by atoms with E-state index in [1.165, 1.54) is 16.1 Å². The fourth-order valence-electron chi connectivity index (χ4n) is 4.52. The van der Waals surface area contributed by atoms with Crippen molar-refractivity contribution in [3.8, 4) is 0 Å². The molecule has 36 heavy (non-hydrogen) atoms. The molecule has 0 unspecified atom stereocenters. The van der Waals surface area contributed by atoms with Crippen molar-refractivity contribution in [3.05, 3.63) is 79.7 Å². The van der Waals surface area contributed by atoms with Crippen molar-refractivity contribution >= 4 is 22.7 Å². The zero-order valence-corrected chi connectivity index (χ0v) is 21.8. The largest absolute Gasteiger partial charge is 0.395 e. The van der Waals surface area contributed by atoms with E-state index < -0.39 is 0 Å². The first-order valence-electron chi connectivity index (χ1n) is 12.6. The van der Waals surface area contributed by atoms with Crippen molar-refractivity contribution in [1.29, 1.82) is 0 Å². The van der Waals surface area contributed by atoms with Crippen LogP contribution in [0.25, 0.3) is 11.2 Å². The van der Waals surface area contributed by atoms with Crippen LogP contribution in [0.3, 0.4) is 0 Å². The first-order valence-corrected chi connectivity index (χ1v) is 13.4. The summed E-state index contributed by atoms with van der Waals surface area (Å²) in [6.07, 6.45) is 1.82. The Morgan fingerprint density at radius 3 is 2.44 bits per heavy atom. The maximum atomic E-state index is 13.7. The lowest BCUT2D eigenvalue weighted by Crippen LogP contribution is -2.41. The highest BCUT2D eigenvalue weighted by atomic mass is 32.1. The molecule has 0 fully saturated rings. The maximum Gasteiger partial charge on any atom is 0.332 e. The number of rotatable bonds is 13. The van der Waals surface area contributed by atoms with E-state index >= 15 is 0 Å². The molecule has 0 spiro atoms. The molecule has 1 aromatic carbocycles. The number of likely N-dealkylation sites (N-methyl/N-ethyl adjacent to an activating group) is 1. The molecule has 1 N–H and O–H groups in total. The molecule has 0 bridgehead atoms. The normalized spacial score (nSPS) is 11.7. The van der Waals surface area contributed by atoms with Crippen LogP contribution in [-0.2, 0) is 32.5 Å². The topological polar surface area (TPSA) is 98.2 Å². The second-order valence-electron chi connectivity index (χ2n) is 8.80. The molecule has 4 aromatic rings. The standard InChI is InChI=1S/C26H34N6O3S/c1-3-12-32-25(34)23-24(31(26(32)35)13-10-21-11-18-36-28-21)27-22(19-20-8-6-5-7-9-20)30(23)15-14-29(4-2)16-17-33/h5-9,11,18,33H,3-4,10,12-17,19H2,1-2H3. The van der Waals surface area contributed by atoms with Crippen molar-refractivity contribution in [2.45, 2.75) is 52.7 Å². The summed E-state index contributed by atoms with van der Waals surface area (Å²) in [6.45, 7) is 7.40. The van der Waals surface area contributed by atoms with E-state index in [1.807, 2.05) is 53.3 Å². The molecule has 10 heteroatoms. The van der Waals surface area contributed by atoms with Gasteiger partial charge in [0.25, 0.3) is 5.56 Å². The molecule has 192 valence electrons. The van der Waals surface area contributed by atoms with Crippen LogP contribution in [0.15, 0.2) is 51.4 Å². The number of aliphatic hydroxyl groups is 1. The summed E-state index contributed by atoms with van der Waals surface area (Å²) < 4.78 is 9.35. The highest BCUT2D eigenvalue weighted by molar-refractivity contribution is 7.03. The Morgan fingerprint density at radius 2 is 1.78 bits per heavy atom. The Morgan fingerprint density at radius 1 is 0.972 bits per heavy atom. The van der Waals surface area contributed by atoms with Crippen LogP contribution in [0.5, 0.6) is 0 Å². The molecule has 0 saturated carbocycles. The van der Waals surface area contributed by atoms with E-state index in [0.29, 0.717) is 63.2 Å². The molecular weight excluding hydrogens is 476 g/mol. The summed E-state index contributed by atoms with van der Waals surface area (Å²) in [6, 6.07) is 12.0. The summed E-state index contributed by atoms with van der Waals surface area (Å²) >= 11 is 1.38. The summed E-state index contributed by atoms with van der Waals surface area (Å²) in [5.41, 5.74) is 2.28. The second-order valence-corrected chi connectivity index (χ2v) is 9.47. The predicted molar refractivity (Wildman–Crippen MR) is 143 cm³/mol. The predicted octanol–water partition coefficient (Wildman–Crippen LogP) is 2.37. The fourth-order valence-corrected chi connectivity index (χ4v) is 5.08. The molecule has 4 rings (SSSR count). The molecule has 3 heterocycles. The van der Waals surface area contributed by atoms with E-state index in [0.717, 1.165) is 23.6 Å². The molecule has 0 aliphatic heterocycles. The summed E-state index contributed by atoms with van der Waals surface area (Å²) in [5.74, 6) is 0.754. The molecule has 3 aromatic heterocycles. The number of aromatic nitrogens is 5. The van der Waals surface area contributed by atoms with Crippen LogP contribution in [0.1, 0.15) is 37.4 Å². The number of fused-ring (bicyclic) bond motifs is 1. The van der Waals surface area contributed by atoms with E-state index in [9.17, 15) is 14.7 Å². The van der Waals surface area contributed by atoms with E-state index in [2.05, 4.69) is 16.2 Å². The van der Waals surface area contributed by atoms with E-state index in [4.69, 9.17) is 4.98 Å². The number of nitrogens with zero attached hydrogens (tertiary/aromatic N) is 6. The van der Waals surface area contributed by atoms with Crippen LogP contribution < -0.4 is 11.2 Å². The van der Waals surface area contributed by atoms with Gasteiger partial charge in [0, 0.05) is 50.9 Å². The molecule has 0 aliphatic rings. The molecule has 9 nitrogen and oxygen atoms in total. The lowest BCUT2D eigenvalue weighted by atomic mass is 10.1. The smallest absolute Gasteiger partial charge is 0.332 e. The molecular formula is C26H34N6O3S. The SMILES string of the molecule is CCCn1c(=O)c2c(nc(Cc3ccccc3)n2CCN(CC)CCO)n(CCc2ccsn2)c1=O. The lowest BCUT2D eigenvalue weighted by molar-refractivity contribution is 0.197. The Labute approximate surface area is 214 Å². The highest BCUT2D eigenvalue weighted by Gasteiger charge is 2.22. The average Bonchev–Trinajstić information content (AvgIpc) is 3.53. The molecule has 0 atom stereocenters. The Bertz CT molecular complexity index is 1370. The summed E-state index contributed by atoms with van der Waals surface area (Å²) in [4.78, 5) is 34.2. The molecule has 0 amide bonds. The van der Waals surface area contributed by atoms with E-state index in [1.54, 1.807) is 4.57 Å². The lowest BCUT2D eigenvalue weighted by Gasteiger charge is -2.20. The van der Waals surface area contributed by atoms with Gasteiger partial charge in [0.2, 0.25) is 0 Å². The number of aliphatic hydroxyl groups excluding tert-OH is 1. The van der Waals surface area contributed by atoms with Gasteiger partial charge in [0.15, 0.2) is 11.2 Å². The number of hydrogen-bond acceptors (Lipinski definition) is 7. The minimum Gasteiger partial charge on any atom is -0.395 e. The van der Waals surface area contributed by atoms with E-state index in [-0.39, 0.29) is 17.9 Å². The Hall–Kier alpha value is -3.08. The fraction of sp³-hybridized carbons (Fsp3) is 0.462. The summed E-state index contributed by atoms with van der Waals surface area (Å²) in [7, 11) is 0. The third kappa shape index (κ3) is 5.66. The van der Waals surface area contributed by atoms with Gasteiger partial charge in [-0.15, -0.1) is 0 Å². The van der Waals surface area contributed by atoms with Crippen LogP contribution in [-0.4, -0.2) is 59.3 Å². The number of imidazole rings is 1. The number of aryl methyl sites for hydroxylation is 2. The quantitative estimate of drug-likeness (QED) is 0.297. The zero-order valence-electron chi connectivity index (χ0n) is 21.0. The number of hydrogen-bond donors (Lipinski definition) is 1. The van der Waals surface area contributed by atoms with Gasteiger partial charge in [-0.05, 0) is 36.1 Å². The third-order valence-corrected chi connectivity index (χ3v) is 7.03. The van der Waals surface area contributed by atoms with Crippen molar-refractivity contribution < 1.29 is 5.11 Å². The van der Waals surface area contributed by atoms with Gasteiger partial charge in [-0.2, -0.15) is 4.37 Å². The molecule has 0 saturated heterocycles. The zero-order chi connectivity index (χ0) is 25.5. The first-order chi connectivity index (χ1) is 17.6. The molecule has 0 radical (unpaired) electrons. The Kier molecular flexibility index (Phi) is 8.84. The van der Waals surface area contributed by atoms with Crippen molar-refractivity contribution in [1.82, 2.24) is 28.0 Å². The van der Waals surface area contributed by atoms with Crippen molar-refractivity contribution in [3.63, 3.8) is 0 Å². The van der Waals surface area contributed by atoms with Crippen LogP contribution in [0.2, 0.25) is 0 Å². The summed E-state index contributed by atoms with van der Waals surface area (Å²) in [5, 5.41) is 11.4. The van der Waals surface area contributed by atoms with Gasteiger partial charge in [-0.1, -0.05) is 44.2 Å².